The van der Waals surface area contributed by atoms with E-state index in [1.807, 2.05) is 30.3 Å². The lowest BCUT2D eigenvalue weighted by Crippen LogP contribution is -2.49. The number of esters is 1. The van der Waals surface area contributed by atoms with Gasteiger partial charge in [0.2, 0.25) is 0 Å². The van der Waals surface area contributed by atoms with E-state index in [9.17, 15) is 4.79 Å². The van der Waals surface area contributed by atoms with Crippen molar-refractivity contribution in [3.63, 3.8) is 0 Å². The van der Waals surface area contributed by atoms with E-state index in [4.69, 9.17) is 10.6 Å². The number of piperidine rings is 1. The molecule has 0 unspecified atom stereocenters. The topological polar surface area (TPSA) is 55.6 Å². The van der Waals surface area contributed by atoms with Crippen LogP contribution in [0.4, 0.5) is 0 Å². The summed E-state index contributed by atoms with van der Waals surface area (Å²) in [7, 11) is 0. The zero-order chi connectivity index (χ0) is 12.1. The number of ether oxygens (including phenoxy) is 1. The molecule has 1 atom stereocenters. The normalized spacial score (nSPS) is 21.1. The lowest BCUT2D eigenvalue weighted by molar-refractivity contribution is -0.152. The molecule has 1 heterocycles. The van der Waals surface area contributed by atoms with Crippen LogP contribution in [-0.4, -0.2) is 23.6 Å². The van der Waals surface area contributed by atoms with E-state index >= 15 is 0 Å². The number of nitrogens with two attached hydrogens (primary N) is 1. The Labute approximate surface area is 101 Å². The third kappa shape index (κ3) is 3.28. The number of rotatable bonds is 3. The number of hydrazine groups is 1. The highest BCUT2D eigenvalue weighted by atomic mass is 16.5. The van der Waals surface area contributed by atoms with Crippen LogP contribution >= 0.6 is 0 Å². The van der Waals surface area contributed by atoms with Crippen LogP contribution in [0.5, 0.6) is 0 Å². The number of carbonyl (C=O) groups is 1. The maximum absolute atomic E-state index is 11.8. The van der Waals surface area contributed by atoms with Crippen molar-refractivity contribution in [3.05, 3.63) is 35.9 Å². The van der Waals surface area contributed by atoms with Crippen molar-refractivity contribution in [1.29, 1.82) is 0 Å². The second-order valence-corrected chi connectivity index (χ2v) is 4.34. The minimum Gasteiger partial charge on any atom is -0.460 e. The van der Waals surface area contributed by atoms with Gasteiger partial charge in [0.15, 0.2) is 0 Å². The zero-order valence-corrected chi connectivity index (χ0v) is 9.84. The Morgan fingerprint density at radius 3 is 2.82 bits per heavy atom. The van der Waals surface area contributed by atoms with E-state index in [-0.39, 0.29) is 12.0 Å². The predicted molar refractivity (Wildman–Crippen MR) is 64.8 cm³/mol. The number of hydrogen-bond donors (Lipinski definition) is 1. The fourth-order valence-corrected chi connectivity index (χ4v) is 2.03. The highest BCUT2D eigenvalue weighted by Crippen LogP contribution is 2.15. The lowest BCUT2D eigenvalue weighted by Gasteiger charge is -2.29. The average molecular weight is 234 g/mol. The first-order valence-corrected chi connectivity index (χ1v) is 5.99. The molecule has 1 aliphatic heterocycles. The van der Waals surface area contributed by atoms with Crippen molar-refractivity contribution in [2.45, 2.75) is 31.9 Å². The van der Waals surface area contributed by atoms with Gasteiger partial charge in [-0.1, -0.05) is 30.3 Å². The molecule has 0 radical (unpaired) electrons. The molecule has 1 saturated heterocycles. The van der Waals surface area contributed by atoms with Crippen LogP contribution in [0.15, 0.2) is 30.3 Å². The van der Waals surface area contributed by atoms with Gasteiger partial charge >= 0.3 is 5.97 Å². The van der Waals surface area contributed by atoms with Crippen molar-refractivity contribution >= 4 is 5.97 Å². The first-order chi connectivity index (χ1) is 8.27. The molecule has 17 heavy (non-hydrogen) atoms. The molecule has 1 aromatic carbocycles. The summed E-state index contributed by atoms with van der Waals surface area (Å²) in [5.41, 5.74) is 1.00. The molecule has 1 aliphatic rings. The summed E-state index contributed by atoms with van der Waals surface area (Å²) in [5, 5.41) is 1.59. The van der Waals surface area contributed by atoms with Crippen molar-refractivity contribution in [2.24, 2.45) is 5.84 Å². The first-order valence-electron chi connectivity index (χ1n) is 5.99. The van der Waals surface area contributed by atoms with Crippen LogP contribution < -0.4 is 5.84 Å². The summed E-state index contributed by atoms with van der Waals surface area (Å²) >= 11 is 0. The smallest absolute Gasteiger partial charge is 0.325 e. The summed E-state index contributed by atoms with van der Waals surface area (Å²) in [4.78, 5) is 11.8. The van der Waals surface area contributed by atoms with E-state index in [1.165, 1.54) is 0 Å². The third-order valence-electron chi connectivity index (χ3n) is 3.04. The van der Waals surface area contributed by atoms with Gasteiger partial charge in [-0.25, -0.2) is 5.01 Å². The molecule has 1 fully saturated rings. The van der Waals surface area contributed by atoms with E-state index in [1.54, 1.807) is 5.01 Å². The van der Waals surface area contributed by atoms with Gasteiger partial charge in [-0.2, -0.15) is 0 Å². The summed E-state index contributed by atoms with van der Waals surface area (Å²) in [6.07, 6.45) is 2.89. The van der Waals surface area contributed by atoms with Crippen LogP contribution in [-0.2, 0) is 16.1 Å². The first kappa shape index (κ1) is 12.1. The molecule has 0 amide bonds. The Kier molecular flexibility index (Phi) is 4.12. The van der Waals surface area contributed by atoms with Gasteiger partial charge in [0.25, 0.3) is 0 Å². The highest BCUT2D eigenvalue weighted by molar-refractivity contribution is 5.75. The molecule has 1 aromatic rings. The predicted octanol–water partition coefficient (Wildman–Crippen LogP) is 1.46. The summed E-state index contributed by atoms with van der Waals surface area (Å²) in [5.74, 6) is 5.57. The largest absolute Gasteiger partial charge is 0.460 e. The minimum absolute atomic E-state index is 0.212. The summed E-state index contributed by atoms with van der Waals surface area (Å²) in [6, 6.07) is 9.40. The van der Waals surface area contributed by atoms with Gasteiger partial charge in [-0.3, -0.25) is 10.6 Å². The second kappa shape index (κ2) is 5.80. The number of carbonyl (C=O) groups excluding carboxylic acids is 1. The fraction of sp³-hybridized carbons (Fsp3) is 0.462. The van der Waals surface area contributed by atoms with Gasteiger partial charge in [-0.15, -0.1) is 0 Å². The van der Waals surface area contributed by atoms with Crippen LogP contribution in [0.25, 0.3) is 0 Å². The lowest BCUT2D eigenvalue weighted by atomic mass is 10.0. The van der Waals surface area contributed by atoms with Gasteiger partial charge in [0, 0.05) is 6.54 Å². The quantitative estimate of drug-likeness (QED) is 0.635. The molecular weight excluding hydrogens is 216 g/mol. The number of hydrogen-bond acceptors (Lipinski definition) is 4. The van der Waals surface area contributed by atoms with E-state index < -0.39 is 0 Å². The Morgan fingerprint density at radius 1 is 1.35 bits per heavy atom. The van der Waals surface area contributed by atoms with Crippen LogP contribution in [0.3, 0.4) is 0 Å². The molecule has 0 bridgehead atoms. The van der Waals surface area contributed by atoms with Crippen molar-refractivity contribution < 1.29 is 9.53 Å². The van der Waals surface area contributed by atoms with E-state index in [0.29, 0.717) is 6.61 Å². The fourth-order valence-electron chi connectivity index (χ4n) is 2.03. The average Bonchev–Trinajstić information content (AvgIpc) is 2.38. The molecule has 0 spiro atoms. The SMILES string of the molecule is NN1CCCC[C@H]1C(=O)OCc1ccccc1. The van der Waals surface area contributed by atoms with Gasteiger partial charge < -0.3 is 4.74 Å². The van der Waals surface area contributed by atoms with Crippen molar-refractivity contribution in [1.82, 2.24) is 5.01 Å². The third-order valence-corrected chi connectivity index (χ3v) is 3.04. The molecule has 4 nitrogen and oxygen atoms in total. The molecule has 4 heteroatoms. The summed E-state index contributed by atoms with van der Waals surface area (Å²) < 4.78 is 5.28. The molecule has 0 saturated carbocycles. The van der Waals surface area contributed by atoms with Gasteiger partial charge in [0.05, 0.1) is 0 Å². The second-order valence-electron chi connectivity index (χ2n) is 4.34. The maximum atomic E-state index is 11.8. The van der Waals surface area contributed by atoms with E-state index in [2.05, 4.69) is 0 Å². The van der Waals surface area contributed by atoms with Crippen molar-refractivity contribution in [3.8, 4) is 0 Å². The minimum atomic E-state index is -0.271. The highest BCUT2D eigenvalue weighted by Gasteiger charge is 2.27. The van der Waals surface area contributed by atoms with Gasteiger partial charge in [0.1, 0.15) is 12.6 Å². The number of benzene rings is 1. The number of nitrogens with zero attached hydrogens (tertiary/aromatic N) is 1. The molecule has 0 aliphatic carbocycles. The summed E-state index contributed by atoms with van der Waals surface area (Å²) in [6.45, 7) is 1.09. The Balaban J connectivity index is 1.84. The maximum Gasteiger partial charge on any atom is 0.325 e. The molecule has 2 N–H and O–H groups in total. The van der Waals surface area contributed by atoms with Crippen LogP contribution in [0, 0.1) is 0 Å². The molecule has 2 rings (SSSR count). The van der Waals surface area contributed by atoms with Crippen LogP contribution in [0.1, 0.15) is 24.8 Å². The Morgan fingerprint density at radius 2 is 2.12 bits per heavy atom. The zero-order valence-electron chi connectivity index (χ0n) is 9.84. The van der Waals surface area contributed by atoms with Gasteiger partial charge in [-0.05, 0) is 24.8 Å². The van der Waals surface area contributed by atoms with Crippen molar-refractivity contribution in [2.75, 3.05) is 6.54 Å². The van der Waals surface area contributed by atoms with Crippen LogP contribution in [0.2, 0.25) is 0 Å². The standard InChI is InChI=1S/C13H18N2O2/c14-15-9-5-4-8-12(15)13(16)17-10-11-6-2-1-3-7-11/h1-3,6-7,12H,4-5,8-10,14H2/t12-/m0/s1. The Hall–Kier alpha value is -1.39. The Bertz CT molecular complexity index is 367. The monoisotopic (exact) mass is 234 g/mol. The molecular formula is C13H18N2O2. The van der Waals surface area contributed by atoms with E-state index in [0.717, 1.165) is 31.4 Å². The molecule has 0 aromatic heterocycles. The molecule has 92 valence electrons.